The number of ketones is 1. The van der Waals surface area contributed by atoms with Crippen molar-refractivity contribution < 1.29 is 4.79 Å². The molecule has 2 heteroatoms. The van der Waals surface area contributed by atoms with Crippen molar-refractivity contribution in [3.05, 3.63) is 77.0 Å². The van der Waals surface area contributed by atoms with Gasteiger partial charge in [0.25, 0.3) is 0 Å². The van der Waals surface area contributed by atoms with Crippen LogP contribution in [-0.4, -0.2) is 5.78 Å². The summed E-state index contributed by atoms with van der Waals surface area (Å²) < 4.78 is 0. The maximum atomic E-state index is 12.1. The number of hydrogen-bond donors (Lipinski definition) is 1. The van der Waals surface area contributed by atoms with Crippen LogP contribution in [0.3, 0.4) is 0 Å². The predicted octanol–water partition coefficient (Wildman–Crippen LogP) is 5.24. The van der Waals surface area contributed by atoms with E-state index in [9.17, 15) is 4.79 Å². The average Bonchev–Trinajstić information content (AvgIpc) is 2.51. The van der Waals surface area contributed by atoms with Crippen LogP contribution in [0.4, 0.5) is 5.69 Å². The molecule has 0 unspecified atom stereocenters. The summed E-state index contributed by atoms with van der Waals surface area (Å²) in [6, 6.07) is 13.9. The number of carbonyl (C=O) groups is 1. The highest BCUT2D eigenvalue weighted by Gasteiger charge is 2.04. The zero-order valence-electron chi connectivity index (χ0n) is 13.7. The first-order valence-corrected chi connectivity index (χ1v) is 7.62. The Balaban J connectivity index is 2.03. The Morgan fingerprint density at radius 3 is 2.36 bits per heavy atom. The van der Waals surface area contributed by atoms with E-state index in [2.05, 4.69) is 39.1 Å². The van der Waals surface area contributed by atoms with Crippen molar-refractivity contribution in [2.45, 2.75) is 33.6 Å². The molecule has 0 saturated heterocycles. The fraction of sp³-hybridized carbons (Fsp3) is 0.250. The lowest BCUT2D eigenvalue weighted by Crippen LogP contribution is -1.98. The molecule has 0 aliphatic heterocycles. The van der Waals surface area contributed by atoms with Crippen LogP contribution in [-0.2, 0) is 0 Å². The standard InChI is InChI=1S/C20H23NO/c1-14(2)17-8-10-18(11-9-17)20(22)12-13-21-19-7-5-6-15(3)16(19)4/h5-14,21H,1-4H3/b13-12+. The molecule has 0 heterocycles. The maximum Gasteiger partial charge on any atom is 0.187 e. The van der Waals surface area contributed by atoms with Gasteiger partial charge in [0.2, 0.25) is 0 Å². The summed E-state index contributed by atoms with van der Waals surface area (Å²) in [6.07, 6.45) is 3.28. The van der Waals surface area contributed by atoms with E-state index in [1.807, 2.05) is 36.4 Å². The molecule has 2 rings (SSSR count). The molecule has 0 spiro atoms. The normalized spacial score (nSPS) is 11.1. The van der Waals surface area contributed by atoms with E-state index >= 15 is 0 Å². The minimum atomic E-state index is 0.00751. The average molecular weight is 293 g/mol. The van der Waals surface area contributed by atoms with Gasteiger partial charge in [0.1, 0.15) is 0 Å². The Hall–Kier alpha value is -2.35. The Morgan fingerprint density at radius 1 is 1.05 bits per heavy atom. The number of rotatable bonds is 5. The molecule has 22 heavy (non-hydrogen) atoms. The van der Waals surface area contributed by atoms with Crippen LogP contribution in [0.5, 0.6) is 0 Å². The van der Waals surface area contributed by atoms with Crippen molar-refractivity contribution in [1.29, 1.82) is 0 Å². The van der Waals surface area contributed by atoms with E-state index in [4.69, 9.17) is 0 Å². The highest BCUT2D eigenvalue weighted by molar-refractivity contribution is 6.04. The van der Waals surface area contributed by atoms with Crippen molar-refractivity contribution in [3.63, 3.8) is 0 Å². The van der Waals surface area contributed by atoms with E-state index in [1.54, 1.807) is 12.3 Å². The SMILES string of the molecule is Cc1cccc(N/C=C/C(=O)c2ccc(C(C)C)cc2)c1C. The van der Waals surface area contributed by atoms with Crippen LogP contribution in [0, 0.1) is 13.8 Å². The predicted molar refractivity (Wildman–Crippen MR) is 93.5 cm³/mol. The van der Waals surface area contributed by atoms with E-state index in [-0.39, 0.29) is 5.78 Å². The number of carbonyl (C=O) groups excluding carboxylic acids is 1. The molecule has 0 bridgehead atoms. The van der Waals surface area contributed by atoms with Crippen LogP contribution in [0.1, 0.15) is 46.8 Å². The summed E-state index contributed by atoms with van der Waals surface area (Å²) >= 11 is 0. The van der Waals surface area contributed by atoms with Gasteiger partial charge in [0.05, 0.1) is 0 Å². The molecule has 2 nitrogen and oxygen atoms in total. The fourth-order valence-corrected chi connectivity index (χ4v) is 2.24. The molecule has 2 aromatic rings. The molecular formula is C20H23NO. The molecule has 0 aromatic heterocycles. The summed E-state index contributed by atoms with van der Waals surface area (Å²) in [5.41, 5.74) is 5.41. The second kappa shape index (κ2) is 7.08. The summed E-state index contributed by atoms with van der Waals surface area (Å²) in [7, 11) is 0. The Labute approximate surface area is 132 Å². The fourth-order valence-electron chi connectivity index (χ4n) is 2.24. The van der Waals surface area contributed by atoms with Crippen molar-refractivity contribution in [3.8, 4) is 0 Å². The third-order valence-corrected chi connectivity index (χ3v) is 3.94. The summed E-state index contributed by atoms with van der Waals surface area (Å²) in [4.78, 5) is 12.1. The number of benzene rings is 2. The lowest BCUT2D eigenvalue weighted by Gasteiger charge is -2.07. The molecule has 0 fully saturated rings. The van der Waals surface area contributed by atoms with Gasteiger partial charge in [-0.2, -0.15) is 0 Å². The molecular weight excluding hydrogens is 270 g/mol. The largest absolute Gasteiger partial charge is 0.361 e. The molecule has 0 amide bonds. The minimum Gasteiger partial charge on any atom is -0.361 e. The van der Waals surface area contributed by atoms with Gasteiger partial charge in [-0.25, -0.2) is 0 Å². The molecule has 0 saturated carbocycles. The van der Waals surface area contributed by atoms with Crippen LogP contribution in [0.2, 0.25) is 0 Å². The van der Waals surface area contributed by atoms with Gasteiger partial charge in [-0.05, 0) is 42.5 Å². The summed E-state index contributed by atoms with van der Waals surface area (Å²) in [6.45, 7) is 8.43. The second-order valence-electron chi connectivity index (χ2n) is 5.87. The van der Waals surface area contributed by atoms with Gasteiger partial charge in [0.15, 0.2) is 5.78 Å². The summed E-state index contributed by atoms with van der Waals surface area (Å²) in [5.74, 6) is 0.485. The molecule has 114 valence electrons. The van der Waals surface area contributed by atoms with E-state index in [0.29, 0.717) is 11.5 Å². The van der Waals surface area contributed by atoms with Crippen molar-refractivity contribution in [2.24, 2.45) is 0 Å². The number of aryl methyl sites for hydroxylation is 1. The highest BCUT2D eigenvalue weighted by atomic mass is 16.1. The molecule has 0 atom stereocenters. The first-order valence-electron chi connectivity index (χ1n) is 7.62. The maximum absolute atomic E-state index is 12.1. The first kappa shape index (κ1) is 16.0. The summed E-state index contributed by atoms with van der Waals surface area (Å²) in [5, 5.41) is 3.18. The van der Waals surface area contributed by atoms with Gasteiger partial charge in [-0.3, -0.25) is 4.79 Å². The first-order chi connectivity index (χ1) is 10.5. The minimum absolute atomic E-state index is 0.00751. The molecule has 1 N–H and O–H groups in total. The van der Waals surface area contributed by atoms with E-state index in [1.165, 1.54) is 16.7 Å². The van der Waals surface area contributed by atoms with Crippen molar-refractivity contribution >= 4 is 11.5 Å². The van der Waals surface area contributed by atoms with Gasteiger partial charge >= 0.3 is 0 Å². The Kier molecular flexibility index (Phi) is 5.16. The van der Waals surface area contributed by atoms with E-state index in [0.717, 1.165) is 5.69 Å². The van der Waals surface area contributed by atoms with Gasteiger partial charge in [0, 0.05) is 23.5 Å². The van der Waals surface area contributed by atoms with Gasteiger partial charge in [-0.15, -0.1) is 0 Å². The van der Waals surface area contributed by atoms with Gasteiger partial charge in [-0.1, -0.05) is 50.2 Å². The third kappa shape index (κ3) is 3.85. The smallest absolute Gasteiger partial charge is 0.187 e. The lowest BCUT2D eigenvalue weighted by molar-refractivity contribution is 0.104. The quantitative estimate of drug-likeness (QED) is 0.603. The zero-order valence-corrected chi connectivity index (χ0v) is 13.7. The topological polar surface area (TPSA) is 29.1 Å². The van der Waals surface area contributed by atoms with Crippen molar-refractivity contribution in [2.75, 3.05) is 5.32 Å². The zero-order chi connectivity index (χ0) is 16.1. The van der Waals surface area contributed by atoms with Crippen LogP contribution in [0.15, 0.2) is 54.7 Å². The number of allylic oxidation sites excluding steroid dienone is 1. The molecule has 2 aromatic carbocycles. The van der Waals surface area contributed by atoms with Gasteiger partial charge < -0.3 is 5.32 Å². The van der Waals surface area contributed by atoms with Crippen LogP contribution >= 0.6 is 0 Å². The van der Waals surface area contributed by atoms with Crippen molar-refractivity contribution in [1.82, 2.24) is 0 Å². The lowest BCUT2D eigenvalue weighted by atomic mass is 10.0. The van der Waals surface area contributed by atoms with Crippen LogP contribution in [0.25, 0.3) is 0 Å². The Bertz CT molecular complexity index is 681. The van der Waals surface area contributed by atoms with Crippen LogP contribution < -0.4 is 5.32 Å². The Morgan fingerprint density at radius 2 is 1.73 bits per heavy atom. The highest BCUT2D eigenvalue weighted by Crippen LogP contribution is 2.18. The van der Waals surface area contributed by atoms with E-state index < -0.39 is 0 Å². The molecule has 0 radical (unpaired) electrons. The monoisotopic (exact) mass is 293 g/mol. The number of anilines is 1. The molecule has 0 aliphatic carbocycles. The second-order valence-corrected chi connectivity index (χ2v) is 5.87. The number of hydrogen-bond acceptors (Lipinski definition) is 2. The third-order valence-electron chi connectivity index (χ3n) is 3.94. The molecule has 0 aliphatic rings. The number of nitrogens with one attached hydrogen (secondary N) is 1.